The normalized spacial score (nSPS) is 20.8. The van der Waals surface area contributed by atoms with Crippen molar-refractivity contribution in [3.8, 4) is 0 Å². The lowest BCUT2D eigenvalue weighted by Gasteiger charge is -2.53. The maximum atomic E-state index is 12.9. The van der Waals surface area contributed by atoms with Crippen LogP contribution in [0.5, 0.6) is 0 Å². The number of β-lactam (4-membered cyclic amide) rings is 1. The molecule has 1 amide bonds. The number of carbonyl (C=O) groups excluding carboxylic acids is 2. The van der Waals surface area contributed by atoms with Crippen LogP contribution in [0.4, 0.5) is 0 Å². The van der Waals surface area contributed by atoms with Gasteiger partial charge in [0.2, 0.25) is 8.32 Å². The number of rotatable bonds is 9. The first-order valence-electron chi connectivity index (χ1n) is 9.59. The van der Waals surface area contributed by atoms with Gasteiger partial charge in [0.05, 0.1) is 6.04 Å². The predicted molar refractivity (Wildman–Crippen MR) is 105 cm³/mol. The number of amides is 1. The lowest BCUT2D eigenvalue weighted by atomic mass is 9.91. The van der Waals surface area contributed by atoms with Gasteiger partial charge in [-0.1, -0.05) is 41.5 Å². The highest BCUT2D eigenvalue weighted by atomic mass is 28.4. The molecule has 1 fully saturated rings. The molecule has 26 heavy (non-hydrogen) atoms. The Morgan fingerprint density at radius 3 is 2.12 bits per heavy atom. The summed E-state index contributed by atoms with van der Waals surface area (Å²) in [4.78, 5) is 29.6. The minimum atomic E-state index is -2.17. The fourth-order valence-electron chi connectivity index (χ4n) is 4.62. The molecule has 144 valence electrons. The molecule has 2 heterocycles. The molecule has 5 nitrogen and oxygen atoms in total. The van der Waals surface area contributed by atoms with Gasteiger partial charge in [0.1, 0.15) is 12.4 Å². The van der Waals surface area contributed by atoms with Gasteiger partial charge >= 0.3 is 0 Å². The molecule has 1 aromatic rings. The second-order valence-electron chi connectivity index (χ2n) is 8.07. The molecule has 0 saturated carbocycles. The molecule has 1 aliphatic heterocycles. The summed E-state index contributed by atoms with van der Waals surface area (Å²) in [5.41, 5.74) is 2.27. The minimum absolute atomic E-state index is 0.00693. The Morgan fingerprint density at radius 1 is 1.12 bits per heavy atom. The van der Waals surface area contributed by atoms with Crippen LogP contribution in [-0.4, -0.2) is 43.0 Å². The van der Waals surface area contributed by atoms with Crippen molar-refractivity contribution in [2.75, 3.05) is 6.54 Å². The summed E-state index contributed by atoms with van der Waals surface area (Å²) >= 11 is 0. The van der Waals surface area contributed by atoms with Crippen LogP contribution in [0.25, 0.3) is 0 Å². The van der Waals surface area contributed by atoms with Gasteiger partial charge in [0, 0.05) is 25.4 Å². The fraction of sp³-hybridized carbons (Fsp3) is 0.650. The number of pyridine rings is 1. The Morgan fingerprint density at radius 2 is 1.65 bits per heavy atom. The number of hydrogen-bond acceptors (Lipinski definition) is 4. The highest BCUT2D eigenvalue weighted by molar-refractivity contribution is 6.77. The van der Waals surface area contributed by atoms with Crippen LogP contribution in [-0.2, 0) is 14.0 Å². The van der Waals surface area contributed by atoms with Crippen molar-refractivity contribution in [2.45, 2.75) is 76.7 Å². The van der Waals surface area contributed by atoms with E-state index < -0.39 is 14.4 Å². The summed E-state index contributed by atoms with van der Waals surface area (Å²) in [7, 11) is -2.17. The molecule has 0 aliphatic carbocycles. The van der Waals surface area contributed by atoms with Gasteiger partial charge in [-0.2, -0.15) is 0 Å². The summed E-state index contributed by atoms with van der Waals surface area (Å²) in [5, 5.41) is 0. The minimum Gasteiger partial charge on any atom is -0.402 e. The van der Waals surface area contributed by atoms with E-state index in [9.17, 15) is 9.59 Å². The van der Waals surface area contributed by atoms with Crippen LogP contribution in [0, 0.1) is 0 Å². The third-order valence-electron chi connectivity index (χ3n) is 5.72. The first-order valence-corrected chi connectivity index (χ1v) is 11.7. The van der Waals surface area contributed by atoms with Gasteiger partial charge < -0.3 is 14.1 Å². The molecule has 2 atom stereocenters. The molecule has 0 N–H and O–H groups in total. The maximum absolute atomic E-state index is 12.9. The van der Waals surface area contributed by atoms with Crippen molar-refractivity contribution < 1.29 is 14.0 Å². The van der Waals surface area contributed by atoms with E-state index in [2.05, 4.69) is 46.5 Å². The van der Waals surface area contributed by atoms with Crippen molar-refractivity contribution in [3.63, 3.8) is 0 Å². The summed E-state index contributed by atoms with van der Waals surface area (Å²) in [6.45, 7) is 13.8. The molecule has 2 unspecified atom stereocenters. The lowest BCUT2D eigenvalue weighted by molar-refractivity contribution is -0.165. The average molecular weight is 377 g/mol. The monoisotopic (exact) mass is 376 g/mol. The Balaban J connectivity index is 2.36. The maximum Gasteiger partial charge on any atom is 0.253 e. The smallest absolute Gasteiger partial charge is 0.253 e. The number of likely N-dealkylation sites (tertiary alicyclic amines) is 1. The SMILES string of the molecule is CC(C)[Si](OC1C(=O)N(CCC=O)C1c1ccncc1)(C(C)C)C(C)C. The van der Waals surface area contributed by atoms with Gasteiger partial charge in [-0.15, -0.1) is 0 Å². The van der Waals surface area contributed by atoms with E-state index in [1.165, 1.54) is 0 Å². The van der Waals surface area contributed by atoms with Crippen LogP contribution in [0.2, 0.25) is 16.6 Å². The van der Waals surface area contributed by atoms with Crippen molar-refractivity contribution in [1.82, 2.24) is 9.88 Å². The van der Waals surface area contributed by atoms with E-state index in [4.69, 9.17) is 4.43 Å². The highest BCUT2D eigenvalue weighted by Gasteiger charge is 2.55. The van der Waals surface area contributed by atoms with Crippen LogP contribution in [0.15, 0.2) is 24.5 Å². The van der Waals surface area contributed by atoms with Crippen LogP contribution < -0.4 is 0 Å². The summed E-state index contributed by atoms with van der Waals surface area (Å²) in [5.74, 6) is 0.00693. The predicted octanol–water partition coefficient (Wildman–Crippen LogP) is 4.11. The van der Waals surface area contributed by atoms with Crippen molar-refractivity contribution in [3.05, 3.63) is 30.1 Å². The summed E-state index contributed by atoms with van der Waals surface area (Å²) < 4.78 is 6.79. The van der Waals surface area contributed by atoms with Gasteiger partial charge in [0.15, 0.2) is 0 Å². The number of aromatic nitrogens is 1. The number of hydrogen-bond donors (Lipinski definition) is 0. The quantitative estimate of drug-likeness (QED) is 0.370. The van der Waals surface area contributed by atoms with Crippen LogP contribution in [0.3, 0.4) is 0 Å². The van der Waals surface area contributed by atoms with Crippen molar-refractivity contribution >= 4 is 20.5 Å². The Bertz CT molecular complexity index is 597. The topological polar surface area (TPSA) is 59.5 Å². The van der Waals surface area contributed by atoms with Gasteiger partial charge in [-0.3, -0.25) is 9.78 Å². The number of carbonyl (C=O) groups is 2. The molecular formula is C20H32N2O3Si. The molecule has 0 radical (unpaired) electrons. The third kappa shape index (κ3) is 3.62. The first-order chi connectivity index (χ1) is 12.3. The second kappa shape index (κ2) is 8.44. The molecule has 1 aromatic heterocycles. The third-order valence-corrected chi connectivity index (χ3v) is 11.8. The molecule has 0 bridgehead atoms. The van der Waals surface area contributed by atoms with Gasteiger partial charge in [-0.25, -0.2) is 0 Å². The molecule has 0 spiro atoms. The van der Waals surface area contributed by atoms with Gasteiger partial charge in [-0.05, 0) is 34.3 Å². The number of aldehydes is 1. The van der Waals surface area contributed by atoms with E-state index in [0.29, 0.717) is 29.6 Å². The standard InChI is InChI=1S/C20H32N2O3Si/c1-14(2)26(15(3)4,16(5)6)25-19-18(17-8-10-21-11-9-17)22(20(19)24)12-7-13-23/h8-11,13-16,18-19H,7,12H2,1-6H3. The van der Waals surface area contributed by atoms with Crippen LogP contribution in [0.1, 0.15) is 59.6 Å². The zero-order chi connectivity index (χ0) is 19.5. The second-order valence-corrected chi connectivity index (χ2v) is 13.5. The molecule has 0 aromatic carbocycles. The first kappa shape index (κ1) is 20.8. The largest absolute Gasteiger partial charge is 0.402 e. The van der Waals surface area contributed by atoms with E-state index in [1.807, 2.05) is 12.1 Å². The molecule has 6 heteroatoms. The lowest BCUT2D eigenvalue weighted by Crippen LogP contribution is -2.64. The summed E-state index contributed by atoms with van der Waals surface area (Å²) in [6, 6.07) is 3.74. The Labute approximate surface area is 158 Å². The van der Waals surface area contributed by atoms with E-state index in [1.54, 1.807) is 17.3 Å². The molecule has 2 rings (SSSR count). The van der Waals surface area contributed by atoms with Gasteiger partial charge in [0.25, 0.3) is 5.91 Å². The molecule has 1 saturated heterocycles. The van der Waals surface area contributed by atoms with Crippen LogP contribution >= 0.6 is 0 Å². The van der Waals surface area contributed by atoms with Crippen molar-refractivity contribution in [1.29, 1.82) is 0 Å². The zero-order valence-corrected chi connectivity index (χ0v) is 17.8. The Hall–Kier alpha value is -1.53. The van der Waals surface area contributed by atoms with E-state index >= 15 is 0 Å². The zero-order valence-electron chi connectivity index (χ0n) is 16.8. The fourth-order valence-corrected chi connectivity index (χ4v) is 10.1. The molecular weight excluding hydrogens is 344 g/mol. The van der Waals surface area contributed by atoms with E-state index in [-0.39, 0.29) is 11.9 Å². The molecule has 1 aliphatic rings. The average Bonchev–Trinajstić information content (AvgIpc) is 2.59. The highest BCUT2D eigenvalue weighted by Crippen LogP contribution is 2.47. The number of nitrogens with zero attached hydrogens (tertiary/aromatic N) is 2. The van der Waals surface area contributed by atoms with E-state index in [0.717, 1.165) is 11.8 Å². The van der Waals surface area contributed by atoms with Crippen molar-refractivity contribution in [2.24, 2.45) is 0 Å². The summed E-state index contributed by atoms with van der Waals surface area (Å²) in [6.07, 6.45) is 4.24. The Kier molecular flexibility index (Phi) is 6.74.